The Balaban J connectivity index is 1.91. The lowest BCUT2D eigenvalue weighted by Gasteiger charge is -2.41. The predicted octanol–water partition coefficient (Wildman–Crippen LogP) is 1.99. The average molecular weight is 265 g/mol. The van der Waals surface area contributed by atoms with Crippen LogP contribution in [0.5, 0.6) is 0 Å². The van der Waals surface area contributed by atoms with E-state index < -0.39 is 5.41 Å². The molecule has 0 unspecified atom stereocenters. The quantitative estimate of drug-likeness (QED) is 0.884. The molecule has 1 aromatic carbocycles. The summed E-state index contributed by atoms with van der Waals surface area (Å²) in [6.45, 7) is 0.472. The van der Waals surface area contributed by atoms with E-state index in [-0.39, 0.29) is 18.3 Å². The molecule has 0 radical (unpaired) electrons. The number of likely N-dealkylation sites (N-methyl/N-ethyl adjacent to an activating group) is 1. The number of benzene rings is 1. The Morgan fingerprint density at radius 2 is 2.21 bits per heavy atom. The zero-order valence-corrected chi connectivity index (χ0v) is 11.2. The summed E-state index contributed by atoms with van der Waals surface area (Å²) in [5.74, 6) is -0.241. The lowest BCUT2D eigenvalue weighted by atomic mass is 9.68. The van der Waals surface area contributed by atoms with Crippen LogP contribution in [0.4, 0.5) is 4.39 Å². The van der Waals surface area contributed by atoms with Gasteiger partial charge in [-0.05, 0) is 37.0 Å². The second-order valence-corrected chi connectivity index (χ2v) is 5.40. The van der Waals surface area contributed by atoms with Crippen LogP contribution in [0.3, 0.4) is 0 Å². The van der Waals surface area contributed by atoms with Crippen molar-refractivity contribution >= 4 is 5.91 Å². The van der Waals surface area contributed by atoms with E-state index in [9.17, 15) is 14.3 Å². The largest absolute Gasteiger partial charge is 0.395 e. The molecule has 1 aromatic rings. The Bertz CT molecular complexity index is 452. The second kappa shape index (κ2) is 5.70. The van der Waals surface area contributed by atoms with Crippen molar-refractivity contribution in [3.63, 3.8) is 0 Å². The van der Waals surface area contributed by atoms with Gasteiger partial charge in [0.15, 0.2) is 0 Å². The number of carbonyl (C=O) groups is 1. The van der Waals surface area contributed by atoms with E-state index in [1.165, 1.54) is 12.1 Å². The molecule has 2 rings (SSSR count). The van der Waals surface area contributed by atoms with Crippen molar-refractivity contribution in [2.75, 3.05) is 20.2 Å². The summed E-state index contributed by atoms with van der Waals surface area (Å²) in [6, 6.07) is 6.43. The molecule has 0 atom stereocenters. The highest BCUT2D eigenvalue weighted by Gasteiger charge is 2.44. The number of halogens is 1. The highest BCUT2D eigenvalue weighted by atomic mass is 19.1. The van der Waals surface area contributed by atoms with Crippen LogP contribution in [0.25, 0.3) is 0 Å². The van der Waals surface area contributed by atoms with E-state index in [2.05, 4.69) is 0 Å². The number of hydrogen-bond donors (Lipinski definition) is 1. The number of rotatable bonds is 5. The van der Waals surface area contributed by atoms with Gasteiger partial charge in [0.25, 0.3) is 0 Å². The van der Waals surface area contributed by atoms with Crippen molar-refractivity contribution in [1.29, 1.82) is 0 Å². The Hall–Kier alpha value is -1.42. The average Bonchev–Trinajstić information content (AvgIpc) is 2.35. The summed E-state index contributed by atoms with van der Waals surface area (Å²) >= 11 is 0. The molecule has 1 amide bonds. The molecule has 104 valence electrons. The first-order valence-electron chi connectivity index (χ1n) is 6.68. The number of amides is 1. The summed E-state index contributed by atoms with van der Waals surface area (Å²) in [7, 11) is 1.75. The summed E-state index contributed by atoms with van der Waals surface area (Å²) in [4.78, 5) is 13.9. The third kappa shape index (κ3) is 2.95. The predicted molar refractivity (Wildman–Crippen MR) is 71.1 cm³/mol. The van der Waals surface area contributed by atoms with Crippen molar-refractivity contribution < 1.29 is 14.3 Å². The number of carbonyl (C=O) groups excluding carboxylic acids is 1. The van der Waals surface area contributed by atoms with Crippen molar-refractivity contribution in [2.45, 2.75) is 25.7 Å². The summed E-state index contributed by atoms with van der Waals surface area (Å²) < 4.78 is 13.0. The second-order valence-electron chi connectivity index (χ2n) is 5.40. The van der Waals surface area contributed by atoms with Gasteiger partial charge in [-0.2, -0.15) is 0 Å². The van der Waals surface area contributed by atoms with Crippen molar-refractivity contribution in [1.82, 2.24) is 4.90 Å². The van der Waals surface area contributed by atoms with Gasteiger partial charge in [-0.25, -0.2) is 4.39 Å². The first kappa shape index (κ1) is 14.0. The molecule has 1 saturated carbocycles. The maximum absolute atomic E-state index is 13.0. The normalized spacial score (nSPS) is 16.8. The zero-order chi connectivity index (χ0) is 13.9. The van der Waals surface area contributed by atoms with Gasteiger partial charge in [-0.1, -0.05) is 18.6 Å². The molecule has 0 aliphatic heterocycles. The molecular weight excluding hydrogens is 245 g/mol. The van der Waals surface area contributed by atoms with Gasteiger partial charge in [-0.15, -0.1) is 0 Å². The van der Waals surface area contributed by atoms with Crippen LogP contribution in [0.2, 0.25) is 0 Å². The molecule has 0 aromatic heterocycles. The molecule has 0 heterocycles. The Kier molecular flexibility index (Phi) is 4.20. The molecule has 19 heavy (non-hydrogen) atoms. The molecule has 1 aliphatic carbocycles. The monoisotopic (exact) mass is 265 g/mol. The highest BCUT2D eigenvalue weighted by Crippen LogP contribution is 2.41. The van der Waals surface area contributed by atoms with E-state index in [0.717, 1.165) is 24.8 Å². The van der Waals surface area contributed by atoms with Gasteiger partial charge in [0.05, 0.1) is 12.0 Å². The topological polar surface area (TPSA) is 40.5 Å². The van der Waals surface area contributed by atoms with Gasteiger partial charge in [0, 0.05) is 13.6 Å². The zero-order valence-electron chi connectivity index (χ0n) is 11.2. The molecule has 1 fully saturated rings. The summed E-state index contributed by atoms with van der Waals surface area (Å²) in [5, 5.41) is 9.38. The van der Waals surface area contributed by atoms with E-state index in [0.29, 0.717) is 13.0 Å². The fraction of sp³-hybridized carbons (Fsp3) is 0.533. The highest BCUT2D eigenvalue weighted by molar-refractivity contribution is 5.83. The SMILES string of the molecule is CN(CCc1cccc(F)c1)C(=O)C1(CO)CCC1. The van der Waals surface area contributed by atoms with E-state index in [1.807, 2.05) is 6.07 Å². The number of aliphatic hydroxyl groups excluding tert-OH is 1. The summed E-state index contributed by atoms with van der Waals surface area (Å²) in [6.07, 6.45) is 3.17. The first-order valence-corrected chi connectivity index (χ1v) is 6.68. The van der Waals surface area contributed by atoms with Crippen molar-refractivity contribution in [2.24, 2.45) is 5.41 Å². The number of aliphatic hydroxyl groups is 1. The Morgan fingerprint density at radius 1 is 1.47 bits per heavy atom. The maximum atomic E-state index is 13.0. The third-order valence-corrected chi connectivity index (χ3v) is 4.04. The molecule has 0 bridgehead atoms. The van der Waals surface area contributed by atoms with Crippen molar-refractivity contribution in [3.8, 4) is 0 Å². The lowest BCUT2D eigenvalue weighted by molar-refractivity contribution is -0.149. The van der Waals surface area contributed by atoms with Crippen LogP contribution in [-0.2, 0) is 11.2 Å². The van der Waals surface area contributed by atoms with Gasteiger partial charge in [0.2, 0.25) is 5.91 Å². The van der Waals surface area contributed by atoms with Gasteiger partial charge in [-0.3, -0.25) is 4.79 Å². The fourth-order valence-electron chi connectivity index (χ4n) is 2.54. The van der Waals surface area contributed by atoms with E-state index >= 15 is 0 Å². The minimum absolute atomic E-state index is 0.0117. The van der Waals surface area contributed by atoms with Crippen LogP contribution in [0.15, 0.2) is 24.3 Å². The molecule has 1 aliphatic rings. The molecule has 4 heteroatoms. The van der Waals surface area contributed by atoms with E-state index in [4.69, 9.17) is 0 Å². The molecule has 3 nitrogen and oxygen atoms in total. The van der Waals surface area contributed by atoms with Crippen LogP contribution < -0.4 is 0 Å². The fourth-order valence-corrected chi connectivity index (χ4v) is 2.54. The minimum atomic E-state index is -0.545. The standard InChI is InChI=1S/C15H20FNO2/c1-17(14(19)15(11-18)7-3-8-15)9-6-12-4-2-5-13(16)10-12/h2,4-5,10,18H,3,6-9,11H2,1H3. The van der Waals surface area contributed by atoms with Crippen molar-refractivity contribution in [3.05, 3.63) is 35.6 Å². The van der Waals surface area contributed by atoms with Crippen LogP contribution in [0, 0.1) is 11.2 Å². The minimum Gasteiger partial charge on any atom is -0.395 e. The Morgan fingerprint density at radius 3 is 2.74 bits per heavy atom. The summed E-state index contributed by atoms with van der Waals surface area (Å²) in [5.41, 5.74) is 0.336. The van der Waals surface area contributed by atoms with Gasteiger partial charge < -0.3 is 10.0 Å². The third-order valence-electron chi connectivity index (χ3n) is 4.04. The maximum Gasteiger partial charge on any atom is 0.230 e. The van der Waals surface area contributed by atoms with Crippen LogP contribution in [-0.4, -0.2) is 36.1 Å². The first-order chi connectivity index (χ1) is 9.07. The molecule has 1 N–H and O–H groups in total. The Labute approximate surface area is 113 Å². The van der Waals surface area contributed by atoms with E-state index in [1.54, 1.807) is 18.0 Å². The molecule has 0 saturated heterocycles. The van der Waals surface area contributed by atoms with Gasteiger partial charge >= 0.3 is 0 Å². The number of nitrogens with zero attached hydrogens (tertiary/aromatic N) is 1. The number of hydrogen-bond acceptors (Lipinski definition) is 2. The van der Waals surface area contributed by atoms with Gasteiger partial charge in [0.1, 0.15) is 5.82 Å². The lowest BCUT2D eigenvalue weighted by Crippen LogP contribution is -2.49. The molecular formula is C15H20FNO2. The van der Waals surface area contributed by atoms with Crippen LogP contribution in [0.1, 0.15) is 24.8 Å². The molecule has 0 spiro atoms. The smallest absolute Gasteiger partial charge is 0.230 e. The van der Waals surface area contributed by atoms with Crippen LogP contribution >= 0.6 is 0 Å².